The SMILES string of the molecule is CC(C)c1ccccc1CC1N=C(c2ccc3[nH]c(=O)[nH]c3c2)c2cc(Cl)ccc2NC1=O.O=C1Nc2ccc(Cl)cc2C(c2ccc3[nH]c(=O)[nH]c3c2)=NC1Cc1ccccc1Br.O=C1Nc2ccc(Cl)cc2C(c2ccc3[nH]c(=O)[nH]c3c2)=NC1Cc1ccccc1Cl.O=C1Nc2ccc(Cl)cc2C(c2ccc3[nH]c(=O)[nH]c3c2)=NC1Cc1ccccc1F. The summed E-state index contributed by atoms with van der Waals surface area (Å²) >= 11 is 35.0. The van der Waals surface area contributed by atoms with Crippen LogP contribution in [0.1, 0.15) is 92.1 Å². The minimum Gasteiger partial charge on any atom is -0.324 e. The summed E-state index contributed by atoms with van der Waals surface area (Å²) in [4.78, 5) is 140. The third kappa shape index (κ3) is 18.5. The Hall–Kier alpha value is -13.9. The van der Waals surface area contributed by atoms with Gasteiger partial charge in [0.25, 0.3) is 0 Å². The second-order valence-corrected chi connectivity index (χ2v) is 33.5. The first-order valence-electron chi connectivity index (χ1n) is 39.7. The van der Waals surface area contributed by atoms with Gasteiger partial charge in [-0.15, -0.1) is 0 Å². The zero-order chi connectivity index (χ0) is 87.7. The molecular weight excluding hydrogens is 1770 g/mol. The number of nitrogens with one attached hydrogen (secondary N) is 12. The first kappa shape index (κ1) is 84.4. The van der Waals surface area contributed by atoms with E-state index in [9.17, 15) is 42.7 Å². The fourth-order valence-corrected chi connectivity index (χ4v) is 16.9. The molecule has 20 rings (SSSR count). The fourth-order valence-electron chi connectivity index (χ4n) is 15.6. The number of aliphatic imine (C=N–C) groups is 4. The molecule has 0 aliphatic carbocycles. The first-order valence-corrected chi connectivity index (χ1v) is 42.4. The van der Waals surface area contributed by atoms with Crippen molar-refractivity contribution in [2.75, 3.05) is 21.3 Å². The number of fused-ring (bicyclic) bond motifs is 8. The van der Waals surface area contributed by atoms with Gasteiger partial charge in [-0.05, 0) is 173 Å². The highest BCUT2D eigenvalue weighted by molar-refractivity contribution is 9.10. The molecule has 12 aromatic carbocycles. The minimum atomic E-state index is -0.848. The molecule has 24 nitrogen and oxygen atoms in total. The van der Waals surface area contributed by atoms with Crippen molar-refractivity contribution in [2.45, 2.75) is 69.6 Å². The smallest absolute Gasteiger partial charge is 0.323 e. The highest BCUT2D eigenvalue weighted by Crippen LogP contribution is 2.36. The minimum absolute atomic E-state index is 0.104. The molecule has 126 heavy (non-hydrogen) atoms. The van der Waals surface area contributed by atoms with E-state index < -0.39 is 24.2 Å². The lowest BCUT2D eigenvalue weighted by molar-refractivity contribution is -0.118. The van der Waals surface area contributed by atoms with Crippen molar-refractivity contribution >= 4 is 187 Å². The van der Waals surface area contributed by atoms with Gasteiger partial charge in [-0.2, -0.15) is 0 Å². The third-order valence-electron chi connectivity index (χ3n) is 21.7. The number of aromatic amines is 8. The average Bonchev–Trinajstić information content (AvgIpc) is 1.67. The number of H-pyrrole nitrogens is 8. The van der Waals surface area contributed by atoms with Gasteiger partial charge in [0.05, 0.1) is 89.7 Å². The largest absolute Gasteiger partial charge is 0.324 e. The molecule has 16 aromatic rings. The molecule has 4 amide bonds. The Morgan fingerprint density at radius 2 is 0.587 bits per heavy atom. The Balaban J connectivity index is 0.000000119. The van der Waals surface area contributed by atoms with E-state index in [0.29, 0.717) is 162 Å². The molecule has 0 saturated carbocycles. The number of nitrogens with zero attached hydrogens (tertiary/aromatic N) is 4. The van der Waals surface area contributed by atoms with Crippen molar-refractivity contribution in [1.29, 1.82) is 0 Å². The second-order valence-electron chi connectivity index (χ2n) is 30.5. The molecule has 628 valence electrons. The van der Waals surface area contributed by atoms with Crippen LogP contribution >= 0.6 is 73.9 Å². The number of benzodiazepines with no additional fused rings is 4. The van der Waals surface area contributed by atoms with Crippen LogP contribution in [0.4, 0.5) is 27.1 Å². The molecule has 0 fully saturated rings. The summed E-state index contributed by atoms with van der Waals surface area (Å²) in [7, 11) is 0. The van der Waals surface area contributed by atoms with Crippen LogP contribution in [0.3, 0.4) is 0 Å². The summed E-state index contributed by atoms with van der Waals surface area (Å²) in [6.45, 7) is 4.29. The van der Waals surface area contributed by atoms with Crippen LogP contribution in [0.5, 0.6) is 0 Å². The van der Waals surface area contributed by atoms with E-state index in [0.717, 1.165) is 49.0 Å². The predicted molar refractivity (Wildman–Crippen MR) is 501 cm³/mol. The van der Waals surface area contributed by atoms with Crippen molar-refractivity contribution in [3.05, 3.63) is 392 Å². The summed E-state index contributed by atoms with van der Waals surface area (Å²) < 4.78 is 15.2. The van der Waals surface area contributed by atoms with Crippen molar-refractivity contribution in [3.8, 4) is 0 Å². The normalized spacial score (nSPS) is 15.9. The number of halogens is 7. The second kappa shape index (κ2) is 36.1. The van der Waals surface area contributed by atoms with E-state index in [1.165, 1.54) is 11.6 Å². The fraction of sp³-hybridized carbons (Fsp3) is 0.116. The van der Waals surface area contributed by atoms with Gasteiger partial charge in [-0.3, -0.25) is 39.1 Å². The van der Waals surface area contributed by atoms with Crippen molar-refractivity contribution in [2.24, 2.45) is 20.0 Å². The Morgan fingerprint density at radius 1 is 0.310 bits per heavy atom. The number of imidazole rings is 4. The number of aromatic nitrogens is 8. The van der Waals surface area contributed by atoms with Crippen molar-refractivity contribution in [3.63, 3.8) is 0 Å². The van der Waals surface area contributed by atoms with Gasteiger partial charge < -0.3 is 61.1 Å². The lowest BCUT2D eigenvalue weighted by Gasteiger charge is -2.16. The molecule has 12 N–H and O–H groups in total. The Morgan fingerprint density at radius 3 is 0.921 bits per heavy atom. The summed E-state index contributed by atoms with van der Waals surface area (Å²) in [6, 6.07) is 69.9. The van der Waals surface area contributed by atoms with Crippen LogP contribution in [-0.2, 0) is 44.9 Å². The molecule has 4 aliphatic rings. The zero-order valence-electron chi connectivity index (χ0n) is 66.5. The van der Waals surface area contributed by atoms with Crippen LogP contribution in [0.25, 0.3) is 44.1 Å². The van der Waals surface area contributed by atoms with Gasteiger partial charge in [0.15, 0.2) is 0 Å². The van der Waals surface area contributed by atoms with E-state index in [1.807, 2.05) is 115 Å². The summed E-state index contributed by atoms with van der Waals surface area (Å²) in [5.74, 6) is -0.966. The number of benzene rings is 12. The number of hydrogen-bond donors (Lipinski definition) is 12. The molecule has 0 saturated heterocycles. The number of carbonyl (C=O) groups is 4. The van der Waals surface area contributed by atoms with Crippen molar-refractivity contribution < 1.29 is 23.6 Å². The molecule has 31 heteroatoms. The van der Waals surface area contributed by atoms with Crippen LogP contribution in [0.2, 0.25) is 25.1 Å². The standard InChI is InChI=1S/C26H23ClN4O2.C23H16BrClN4O2.C23H16Cl2N4O2.C23H16ClFN4O2/c1-14(2)18-6-4-3-5-15(18)11-23-25(32)29-20-10-8-17(27)13-19(20)24(28-23)16-7-9-21-22(12-16)31-26(33)30-21;24-16-4-2-1-3-12(16)9-20-22(30)27-17-8-6-14(25)11-15(17)21(26-20)13-5-7-18-19(10-13)29-23(31)28-18;2*24-14-6-8-17-15(11-14)21(13-5-7-18-19(10-13)29-23(31)28-18)26-20(22(30)27-17)9-12-3-1-2-4-16(12)25/h3-10,12-14,23H,11H2,1-2H3,(H,29,32)(H2,30,31,33);3*1-8,10-11,20H,9H2,(H,27,30)(H2,28,29,31). The van der Waals surface area contributed by atoms with Gasteiger partial charge in [0, 0.05) is 99.8 Å². The van der Waals surface area contributed by atoms with Gasteiger partial charge in [0.1, 0.15) is 30.0 Å². The molecule has 0 bridgehead atoms. The third-order valence-corrected chi connectivity index (χ3v) is 23.8. The van der Waals surface area contributed by atoms with Crippen LogP contribution < -0.4 is 44.0 Å². The van der Waals surface area contributed by atoms with Gasteiger partial charge >= 0.3 is 22.8 Å². The van der Waals surface area contributed by atoms with E-state index in [4.69, 9.17) is 78.0 Å². The van der Waals surface area contributed by atoms with Gasteiger partial charge in [0.2, 0.25) is 23.6 Å². The van der Waals surface area contributed by atoms with Gasteiger partial charge in [-0.1, -0.05) is 191 Å². The molecule has 0 radical (unpaired) electrons. The molecule has 0 spiro atoms. The van der Waals surface area contributed by atoms with Crippen LogP contribution in [-0.4, -0.2) is 111 Å². The lowest BCUT2D eigenvalue weighted by atomic mass is 9.93. The van der Waals surface area contributed by atoms with Crippen LogP contribution in [0, 0.1) is 5.82 Å². The number of hydrogen-bond acceptors (Lipinski definition) is 12. The maximum atomic E-state index is 14.3. The Labute approximate surface area is 748 Å². The summed E-state index contributed by atoms with van der Waals surface area (Å²) in [5, 5.41) is 14.6. The van der Waals surface area contributed by atoms with E-state index >= 15 is 0 Å². The number of rotatable bonds is 13. The van der Waals surface area contributed by atoms with E-state index in [-0.39, 0.29) is 58.6 Å². The molecule has 4 unspecified atom stereocenters. The number of anilines is 4. The molecule has 8 heterocycles. The summed E-state index contributed by atoms with van der Waals surface area (Å²) in [5.41, 5.74) is 19.5. The Bertz CT molecular complexity index is 6970. The maximum absolute atomic E-state index is 14.3. The molecule has 4 aromatic heterocycles. The topological polar surface area (TPSA) is 360 Å². The highest BCUT2D eigenvalue weighted by Gasteiger charge is 2.33. The van der Waals surface area contributed by atoms with Crippen molar-refractivity contribution in [1.82, 2.24) is 39.9 Å². The van der Waals surface area contributed by atoms with Crippen LogP contribution in [0.15, 0.2) is 286 Å². The molecule has 4 atom stereocenters. The number of carbonyl (C=O) groups excluding carboxylic acids is 4. The number of amides is 4. The van der Waals surface area contributed by atoms with E-state index in [2.05, 4.69) is 103 Å². The quantitative estimate of drug-likeness (QED) is 0.0525. The summed E-state index contributed by atoms with van der Waals surface area (Å²) in [6.07, 6.45) is 1.36. The zero-order valence-corrected chi connectivity index (χ0v) is 71.9. The average molecular weight is 1840 g/mol. The Kier molecular flexibility index (Phi) is 24.2. The maximum Gasteiger partial charge on any atom is 0.323 e. The lowest BCUT2D eigenvalue weighted by Crippen LogP contribution is -2.28. The molecular formula is C95H71BrCl5FN16O8. The highest BCUT2D eigenvalue weighted by atomic mass is 79.9. The molecule has 4 aliphatic heterocycles. The first-order chi connectivity index (χ1) is 60.8. The predicted octanol–water partition coefficient (Wildman–Crippen LogP) is 18.3. The van der Waals surface area contributed by atoms with E-state index in [1.54, 1.807) is 109 Å². The van der Waals surface area contributed by atoms with Gasteiger partial charge in [-0.25, -0.2) is 23.6 Å². The monoisotopic (exact) mass is 1840 g/mol.